The van der Waals surface area contributed by atoms with Gasteiger partial charge in [0.25, 0.3) is 5.91 Å². The van der Waals surface area contributed by atoms with Crippen LogP contribution >= 0.6 is 11.6 Å². The number of carbonyl (C=O) groups excluding carboxylic acids is 1. The summed E-state index contributed by atoms with van der Waals surface area (Å²) in [6, 6.07) is 3.40. The molecule has 1 aliphatic rings. The predicted octanol–water partition coefficient (Wildman–Crippen LogP) is 1.54. The van der Waals surface area contributed by atoms with Crippen LogP contribution in [0.25, 0.3) is 0 Å². The van der Waals surface area contributed by atoms with Crippen molar-refractivity contribution in [3.05, 3.63) is 23.4 Å². The van der Waals surface area contributed by atoms with E-state index in [0.717, 1.165) is 12.8 Å². The van der Waals surface area contributed by atoms with Gasteiger partial charge in [0.2, 0.25) is 5.88 Å². The molecule has 0 saturated heterocycles. The molecule has 1 amide bonds. The van der Waals surface area contributed by atoms with Gasteiger partial charge in [-0.3, -0.25) is 4.79 Å². The number of hydrogen-bond acceptors (Lipinski definition) is 4. The fraction of sp³-hybridized carbons (Fsp3) is 0.538. The van der Waals surface area contributed by atoms with E-state index in [1.165, 1.54) is 0 Å². The maximum absolute atomic E-state index is 11.8. The Morgan fingerprint density at radius 2 is 2.26 bits per heavy atom. The Morgan fingerprint density at radius 1 is 1.53 bits per heavy atom. The van der Waals surface area contributed by atoms with Crippen LogP contribution in [-0.2, 0) is 4.79 Å². The average molecular weight is 285 g/mol. The highest BCUT2D eigenvalue weighted by Gasteiger charge is 2.38. The lowest BCUT2D eigenvalue weighted by molar-refractivity contribution is -0.139. The van der Waals surface area contributed by atoms with E-state index in [4.69, 9.17) is 16.3 Å². The first-order chi connectivity index (χ1) is 9.12. The van der Waals surface area contributed by atoms with Crippen LogP contribution in [0.5, 0.6) is 5.88 Å². The van der Waals surface area contributed by atoms with E-state index >= 15 is 0 Å². The van der Waals surface area contributed by atoms with E-state index in [2.05, 4.69) is 10.3 Å². The summed E-state index contributed by atoms with van der Waals surface area (Å²) >= 11 is 5.88. The normalized spacial score (nSPS) is 17.2. The molecule has 0 aromatic carbocycles. The smallest absolute Gasteiger partial charge is 0.252 e. The van der Waals surface area contributed by atoms with E-state index in [1.807, 2.05) is 0 Å². The molecule has 1 heterocycles. The summed E-state index contributed by atoms with van der Waals surface area (Å²) in [4.78, 5) is 15.8. The van der Waals surface area contributed by atoms with Crippen LogP contribution in [0.4, 0.5) is 0 Å². The Kier molecular flexibility index (Phi) is 4.61. The first kappa shape index (κ1) is 14.1. The number of nitrogens with zero attached hydrogens (tertiary/aromatic N) is 1. The Labute approximate surface area is 116 Å². The first-order valence-corrected chi connectivity index (χ1v) is 6.74. The van der Waals surface area contributed by atoms with Gasteiger partial charge in [-0.2, -0.15) is 0 Å². The van der Waals surface area contributed by atoms with Crippen molar-refractivity contribution in [3.63, 3.8) is 0 Å². The number of pyridine rings is 1. The van der Waals surface area contributed by atoms with Gasteiger partial charge in [-0.1, -0.05) is 11.6 Å². The minimum atomic E-state index is -1.19. The van der Waals surface area contributed by atoms with Crippen LogP contribution in [-0.4, -0.2) is 34.8 Å². The van der Waals surface area contributed by atoms with Gasteiger partial charge in [0.15, 0.2) is 0 Å². The fourth-order valence-electron chi connectivity index (χ4n) is 2.14. The molecule has 0 unspecified atom stereocenters. The minimum Gasteiger partial charge on any atom is -0.475 e. The molecule has 1 fully saturated rings. The van der Waals surface area contributed by atoms with E-state index in [-0.39, 0.29) is 12.5 Å². The van der Waals surface area contributed by atoms with Crippen LogP contribution in [0.3, 0.4) is 0 Å². The van der Waals surface area contributed by atoms with Gasteiger partial charge in [-0.15, -0.1) is 0 Å². The zero-order valence-electron chi connectivity index (χ0n) is 10.6. The van der Waals surface area contributed by atoms with Gasteiger partial charge in [0, 0.05) is 6.20 Å². The lowest BCUT2D eigenvalue weighted by atomic mass is 10.0. The highest BCUT2D eigenvalue weighted by molar-refractivity contribution is 6.31. The van der Waals surface area contributed by atoms with Crippen LogP contribution in [0.2, 0.25) is 5.02 Å². The summed E-state index contributed by atoms with van der Waals surface area (Å²) in [5, 5.41) is 13.1. The predicted molar refractivity (Wildman–Crippen MR) is 71.2 cm³/mol. The van der Waals surface area contributed by atoms with E-state index < -0.39 is 5.60 Å². The van der Waals surface area contributed by atoms with Crippen molar-refractivity contribution >= 4 is 17.5 Å². The molecule has 0 aliphatic heterocycles. The summed E-state index contributed by atoms with van der Waals surface area (Å²) in [5.74, 6) is 0.0266. The Morgan fingerprint density at radius 3 is 2.95 bits per heavy atom. The van der Waals surface area contributed by atoms with Gasteiger partial charge in [-0.25, -0.2) is 4.98 Å². The number of hydrogen-bond donors (Lipinski definition) is 2. The maximum atomic E-state index is 11.8. The maximum Gasteiger partial charge on any atom is 0.252 e. The van der Waals surface area contributed by atoms with Crippen molar-refractivity contribution < 1.29 is 14.6 Å². The summed E-state index contributed by atoms with van der Waals surface area (Å²) in [6.45, 7) is 0.576. The largest absolute Gasteiger partial charge is 0.475 e. The first-order valence-electron chi connectivity index (χ1n) is 6.36. The molecule has 1 saturated carbocycles. The number of ether oxygens (including phenoxy) is 1. The van der Waals surface area contributed by atoms with E-state index in [1.54, 1.807) is 18.3 Å². The number of aromatic nitrogens is 1. The number of carbonyl (C=O) groups is 1. The quantitative estimate of drug-likeness (QED) is 0.805. The number of halogens is 1. The van der Waals surface area contributed by atoms with Crippen LogP contribution in [0.1, 0.15) is 25.7 Å². The average Bonchev–Trinajstić information content (AvgIpc) is 2.84. The number of nitrogens with one attached hydrogen (secondary N) is 1. The van der Waals surface area contributed by atoms with Gasteiger partial charge < -0.3 is 15.2 Å². The van der Waals surface area contributed by atoms with E-state index in [9.17, 15) is 9.90 Å². The molecule has 0 atom stereocenters. The number of amides is 1. The lowest BCUT2D eigenvalue weighted by Gasteiger charge is -2.20. The third kappa shape index (κ3) is 3.58. The van der Waals surface area contributed by atoms with Crippen LogP contribution < -0.4 is 10.1 Å². The molecule has 19 heavy (non-hydrogen) atoms. The van der Waals surface area contributed by atoms with Crippen molar-refractivity contribution in [2.24, 2.45) is 0 Å². The van der Waals surface area contributed by atoms with Crippen molar-refractivity contribution in [3.8, 4) is 5.88 Å². The van der Waals surface area contributed by atoms with Crippen LogP contribution in [0, 0.1) is 0 Å². The van der Waals surface area contributed by atoms with Crippen molar-refractivity contribution in [2.75, 3.05) is 13.2 Å². The van der Waals surface area contributed by atoms with Crippen molar-refractivity contribution in [2.45, 2.75) is 31.3 Å². The molecular formula is C13H17ClN2O3. The van der Waals surface area contributed by atoms with Crippen LogP contribution in [0.15, 0.2) is 18.3 Å². The number of rotatable bonds is 5. The summed E-state index contributed by atoms with van der Waals surface area (Å²) < 4.78 is 5.34. The third-order valence-electron chi connectivity index (χ3n) is 3.20. The highest BCUT2D eigenvalue weighted by Crippen LogP contribution is 2.29. The SMILES string of the molecule is O=C(NCCOc1ncccc1Cl)C1(O)CCCC1. The van der Waals surface area contributed by atoms with Gasteiger partial charge in [-0.05, 0) is 37.8 Å². The molecule has 6 heteroatoms. The van der Waals surface area contributed by atoms with Gasteiger partial charge in [0.1, 0.15) is 17.2 Å². The van der Waals surface area contributed by atoms with Crippen molar-refractivity contribution in [1.29, 1.82) is 0 Å². The molecule has 0 radical (unpaired) electrons. The Hall–Kier alpha value is -1.33. The molecule has 2 rings (SSSR count). The number of aliphatic hydroxyl groups is 1. The topological polar surface area (TPSA) is 71.5 Å². The third-order valence-corrected chi connectivity index (χ3v) is 3.49. The summed E-state index contributed by atoms with van der Waals surface area (Å²) in [5.41, 5.74) is -1.19. The van der Waals surface area contributed by atoms with Crippen molar-refractivity contribution in [1.82, 2.24) is 10.3 Å². The minimum absolute atomic E-state index is 0.262. The molecular weight excluding hydrogens is 268 g/mol. The second-order valence-electron chi connectivity index (χ2n) is 4.63. The van der Waals surface area contributed by atoms with Gasteiger partial charge in [0.05, 0.1) is 6.54 Å². The second kappa shape index (κ2) is 6.21. The summed E-state index contributed by atoms with van der Waals surface area (Å²) in [7, 11) is 0. The molecule has 0 spiro atoms. The molecule has 1 aliphatic carbocycles. The highest BCUT2D eigenvalue weighted by atomic mass is 35.5. The lowest BCUT2D eigenvalue weighted by Crippen LogP contribution is -2.45. The Balaban J connectivity index is 1.72. The molecule has 1 aromatic rings. The molecule has 2 N–H and O–H groups in total. The fourth-order valence-corrected chi connectivity index (χ4v) is 2.32. The molecule has 1 aromatic heterocycles. The standard InChI is InChI=1S/C13H17ClN2O3/c14-10-4-3-7-15-11(10)19-9-8-16-12(17)13(18)5-1-2-6-13/h3-4,7,18H,1-2,5-6,8-9H2,(H,16,17). The second-order valence-corrected chi connectivity index (χ2v) is 5.04. The zero-order chi connectivity index (χ0) is 13.7. The van der Waals surface area contributed by atoms with E-state index in [0.29, 0.717) is 30.3 Å². The monoisotopic (exact) mass is 284 g/mol. The molecule has 104 valence electrons. The summed E-state index contributed by atoms with van der Waals surface area (Å²) in [6.07, 6.45) is 4.44. The van der Waals surface area contributed by atoms with Gasteiger partial charge >= 0.3 is 0 Å². The Bertz CT molecular complexity index is 447. The molecule has 5 nitrogen and oxygen atoms in total. The zero-order valence-corrected chi connectivity index (χ0v) is 11.3. The molecule has 0 bridgehead atoms.